The van der Waals surface area contributed by atoms with Crippen molar-refractivity contribution in [3.8, 4) is 11.3 Å². The molecule has 0 aliphatic rings. The van der Waals surface area contributed by atoms with E-state index in [2.05, 4.69) is 27.4 Å². The van der Waals surface area contributed by atoms with E-state index in [-0.39, 0.29) is 0 Å². The van der Waals surface area contributed by atoms with Crippen LogP contribution in [0.25, 0.3) is 21.3 Å². The number of benzene rings is 2. The average Bonchev–Trinajstić information content (AvgIpc) is 3.23. The molecule has 0 radical (unpaired) electrons. The first kappa shape index (κ1) is 20.7. The fourth-order valence-electron chi connectivity index (χ4n) is 3.21. The van der Waals surface area contributed by atoms with Gasteiger partial charge in [-0.15, -0.1) is 23.1 Å². The van der Waals surface area contributed by atoms with Gasteiger partial charge < -0.3 is 10.4 Å². The van der Waals surface area contributed by atoms with Gasteiger partial charge in [0.1, 0.15) is 12.1 Å². The standard InChI is InChI=1S/C22H18ClN3O2S2/c1-29-19-10-14(2-3-16(19)22(27)28)18-11-20(26-12-25-18)24-6-4-13-8-15-5-7-30-21(15)17(23)9-13/h2-3,5,7-12H,4,6H2,1H3,(H,27,28)(H,24,25,26). The largest absolute Gasteiger partial charge is 0.478 e. The number of hydrogen-bond donors (Lipinski definition) is 2. The number of aromatic carboxylic acids is 1. The summed E-state index contributed by atoms with van der Waals surface area (Å²) < 4.78 is 1.12. The van der Waals surface area contributed by atoms with E-state index in [9.17, 15) is 9.90 Å². The van der Waals surface area contributed by atoms with Crippen LogP contribution < -0.4 is 5.32 Å². The second kappa shape index (κ2) is 9.04. The number of halogens is 1. The van der Waals surface area contributed by atoms with Crippen LogP contribution >= 0.6 is 34.7 Å². The van der Waals surface area contributed by atoms with Crippen LogP contribution in [-0.2, 0) is 6.42 Å². The third-order valence-corrected chi connectivity index (χ3v) is 6.83. The molecule has 0 fully saturated rings. The number of aromatic nitrogens is 2. The van der Waals surface area contributed by atoms with Crippen LogP contribution in [0.5, 0.6) is 0 Å². The molecule has 0 amide bonds. The van der Waals surface area contributed by atoms with Gasteiger partial charge in [-0.2, -0.15) is 0 Å². The zero-order valence-electron chi connectivity index (χ0n) is 16.1. The third-order valence-electron chi connectivity index (χ3n) is 4.68. The molecule has 0 saturated heterocycles. The highest BCUT2D eigenvalue weighted by Gasteiger charge is 2.12. The monoisotopic (exact) mass is 455 g/mol. The lowest BCUT2D eigenvalue weighted by molar-refractivity contribution is 0.0693. The number of nitrogens with one attached hydrogen (secondary N) is 1. The van der Waals surface area contributed by atoms with Gasteiger partial charge in [-0.25, -0.2) is 14.8 Å². The van der Waals surface area contributed by atoms with Crippen molar-refractivity contribution in [2.45, 2.75) is 11.3 Å². The van der Waals surface area contributed by atoms with Crippen molar-refractivity contribution in [2.24, 2.45) is 0 Å². The van der Waals surface area contributed by atoms with E-state index in [0.29, 0.717) is 17.0 Å². The van der Waals surface area contributed by atoms with Crippen molar-refractivity contribution >= 4 is 56.6 Å². The predicted molar refractivity (Wildman–Crippen MR) is 125 cm³/mol. The summed E-state index contributed by atoms with van der Waals surface area (Å²) in [5.41, 5.74) is 3.05. The summed E-state index contributed by atoms with van der Waals surface area (Å²) in [6.07, 6.45) is 4.18. The minimum atomic E-state index is -0.934. The van der Waals surface area contributed by atoms with E-state index in [1.807, 2.05) is 29.8 Å². The molecule has 5 nitrogen and oxygen atoms in total. The number of carbonyl (C=O) groups is 1. The normalized spacial score (nSPS) is 11.0. The predicted octanol–water partition coefficient (Wildman–Crippen LogP) is 6.09. The zero-order chi connectivity index (χ0) is 21.1. The first-order chi connectivity index (χ1) is 14.5. The molecular weight excluding hydrogens is 438 g/mol. The molecule has 2 aromatic heterocycles. The van der Waals surface area contributed by atoms with Crippen LogP contribution in [0.4, 0.5) is 5.82 Å². The molecule has 0 unspecified atom stereocenters. The summed E-state index contributed by atoms with van der Waals surface area (Å²) in [6.45, 7) is 0.705. The number of carboxylic acids is 1. The number of nitrogens with zero attached hydrogens (tertiary/aromatic N) is 2. The van der Waals surface area contributed by atoms with E-state index in [1.54, 1.807) is 23.5 Å². The summed E-state index contributed by atoms with van der Waals surface area (Å²) in [5, 5.41) is 16.6. The molecule has 8 heteroatoms. The van der Waals surface area contributed by atoms with Gasteiger partial charge in [-0.3, -0.25) is 0 Å². The van der Waals surface area contributed by atoms with Gasteiger partial charge in [0.05, 0.1) is 21.0 Å². The summed E-state index contributed by atoms with van der Waals surface area (Å²) in [7, 11) is 0. The Bertz CT molecular complexity index is 1230. The van der Waals surface area contributed by atoms with Gasteiger partial charge in [-0.1, -0.05) is 23.7 Å². The average molecular weight is 456 g/mol. The summed E-state index contributed by atoms with van der Waals surface area (Å²) in [6, 6.07) is 13.4. The van der Waals surface area contributed by atoms with Gasteiger partial charge in [0.2, 0.25) is 0 Å². The summed E-state index contributed by atoms with van der Waals surface area (Å²) >= 11 is 9.42. The lowest BCUT2D eigenvalue weighted by Crippen LogP contribution is -2.07. The number of thioether (sulfide) groups is 1. The Morgan fingerprint density at radius 2 is 2.07 bits per heavy atom. The van der Waals surface area contributed by atoms with E-state index >= 15 is 0 Å². The maximum atomic E-state index is 11.3. The van der Waals surface area contributed by atoms with Gasteiger partial charge in [-0.05, 0) is 53.3 Å². The van der Waals surface area contributed by atoms with Crippen LogP contribution in [0.1, 0.15) is 15.9 Å². The molecule has 152 valence electrons. The van der Waals surface area contributed by atoms with Crippen LogP contribution in [0.2, 0.25) is 5.02 Å². The van der Waals surface area contributed by atoms with Crippen molar-refractivity contribution in [1.82, 2.24) is 9.97 Å². The molecule has 0 bridgehead atoms. The Labute approximate surface area is 187 Å². The van der Waals surface area contributed by atoms with Crippen molar-refractivity contribution in [2.75, 3.05) is 18.1 Å². The molecular formula is C22H18ClN3O2S2. The lowest BCUT2D eigenvalue weighted by Gasteiger charge is -2.09. The highest BCUT2D eigenvalue weighted by atomic mass is 35.5. The van der Waals surface area contributed by atoms with Crippen LogP contribution in [0.15, 0.2) is 59.1 Å². The zero-order valence-corrected chi connectivity index (χ0v) is 18.4. The quantitative estimate of drug-likeness (QED) is 0.328. The second-order valence-electron chi connectivity index (χ2n) is 6.60. The number of thiophene rings is 1. The first-order valence-electron chi connectivity index (χ1n) is 9.18. The van der Waals surface area contributed by atoms with Crippen molar-refractivity contribution < 1.29 is 9.90 Å². The smallest absolute Gasteiger partial charge is 0.336 e. The molecule has 0 saturated carbocycles. The van der Waals surface area contributed by atoms with E-state index in [0.717, 1.165) is 33.2 Å². The Morgan fingerprint density at radius 1 is 1.20 bits per heavy atom. The van der Waals surface area contributed by atoms with Crippen LogP contribution in [0, 0.1) is 0 Å². The Balaban J connectivity index is 1.47. The van der Waals surface area contributed by atoms with Gasteiger partial charge in [0.15, 0.2) is 0 Å². The number of rotatable bonds is 7. The molecule has 2 N–H and O–H groups in total. The fraction of sp³-hybridized carbons (Fsp3) is 0.136. The van der Waals surface area contributed by atoms with Crippen molar-refractivity contribution in [1.29, 1.82) is 0 Å². The van der Waals surface area contributed by atoms with Crippen molar-refractivity contribution in [3.63, 3.8) is 0 Å². The molecule has 4 aromatic rings. The summed E-state index contributed by atoms with van der Waals surface area (Å²) in [5.74, 6) is -0.215. The third kappa shape index (κ3) is 4.43. The summed E-state index contributed by atoms with van der Waals surface area (Å²) in [4.78, 5) is 20.7. The maximum absolute atomic E-state index is 11.3. The van der Waals surface area contributed by atoms with Crippen LogP contribution in [-0.4, -0.2) is 33.8 Å². The van der Waals surface area contributed by atoms with E-state index in [1.165, 1.54) is 29.0 Å². The van der Waals surface area contributed by atoms with Crippen molar-refractivity contribution in [3.05, 3.63) is 70.3 Å². The number of hydrogen-bond acceptors (Lipinski definition) is 6. The maximum Gasteiger partial charge on any atom is 0.336 e. The Hall–Kier alpha value is -2.61. The molecule has 2 heterocycles. The molecule has 0 aliphatic heterocycles. The Kier molecular flexibility index (Phi) is 6.22. The molecule has 2 aromatic carbocycles. The molecule has 4 rings (SSSR count). The second-order valence-corrected chi connectivity index (χ2v) is 8.77. The first-order valence-corrected chi connectivity index (χ1v) is 11.7. The lowest BCUT2D eigenvalue weighted by atomic mass is 10.1. The van der Waals surface area contributed by atoms with E-state index in [4.69, 9.17) is 11.6 Å². The fourth-order valence-corrected chi connectivity index (χ4v) is 5.00. The van der Waals surface area contributed by atoms with Gasteiger partial charge >= 0.3 is 5.97 Å². The Morgan fingerprint density at radius 3 is 2.87 bits per heavy atom. The highest BCUT2D eigenvalue weighted by molar-refractivity contribution is 7.98. The molecule has 0 atom stereocenters. The van der Waals surface area contributed by atoms with E-state index < -0.39 is 5.97 Å². The molecule has 0 aliphatic carbocycles. The number of anilines is 1. The van der Waals surface area contributed by atoms with Gasteiger partial charge in [0.25, 0.3) is 0 Å². The molecule has 0 spiro atoms. The highest BCUT2D eigenvalue weighted by Crippen LogP contribution is 2.30. The topological polar surface area (TPSA) is 75.1 Å². The molecule has 30 heavy (non-hydrogen) atoms. The number of fused-ring (bicyclic) bond motifs is 1. The SMILES string of the molecule is CSc1cc(-c2cc(NCCc3cc(Cl)c4sccc4c3)ncn2)ccc1C(=O)O. The minimum Gasteiger partial charge on any atom is -0.478 e. The number of carboxylic acid groups (broad SMARTS) is 1. The van der Waals surface area contributed by atoms with Gasteiger partial charge in [0, 0.05) is 23.1 Å². The minimum absolute atomic E-state index is 0.292. The van der Waals surface area contributed by atoms with Crippen LogP contribution in [0.3, 0.4) is 0 Å².